The molecule has 0 radical (unpaired) electrons. The molecule has 1 unspecified atom stereocenters. The Labute approximate surface area is 117 Å². The highest BCUT2D eigenvalue weighted by molar-refractivity contribution is 7.99. The molecule has 0 bridgehead atoms. The largest absolute Gasteiger partial charge is 0.322 e. The number of thioether (sulfide) groups is 1. The first-order valence-electron chi connectivity index (χ1n) is 6.36. The Morgan fingerprint density at radius 2 is 2.26 bits per heavy atom. The summed E-state index contributed by atoms with van der Waals surface area (Å²) in [5, 5.41) is 4.26. The molecular formula is C14H18FN3S. The zero-order chi connectivity index (χ0) is 13.7. The van der Waals surface area contributed by atoms with Gasteiger partial charge < -0.3 is 5.73 Å². The molecule has 1 aromatic carbocycles. The van der Waals surface area contributed by atoms with E-state index in [1.54, 1.807) is 24.0 Å². The lowest BCUT2D eigenvalue weighted by Gasteiger charge is -2.13. The number of nitrogens with zero attached hydrogens (tertiary/aromatic N) is 2. The van der Waals surface area contributed by atoms with Crippen LogP contribution in [0.5, 0.6) is 0 Å². The van der Waals surface area contributed by atoms with Crippen LogP contribution in [-0.4, -0.2) is 15.5 Å². The van der Waals surface area contributed by atoms with Crippen LogP contribution in [0.3, 0.4) is 0 Å². The molecule has 0 saturated heterocycles. The molecule has 0 saturated carbocycles. The predicted octanol–water partition coefficient (Wildman–Crippen LogP) is 3.22. The molecule has 0 spiro atoms. The van der Waals surface area contributed by atoms with Crippen LogP contribution >= 0.6 is 11.8 Å². The molecule has 3 nitrogen and oxygen atoms in total. The highest BCUT2D eigenvalue weighted by Gasteiger charge is 2.12. The van der Waals surface area contributed by atoms with Crippen LogP contribution in [0, 0.1) is 5.82 Å². The van der Waals surface area contributed by atoms with Gasteiger partial charge in [-0.25, -0.2) is 4.39 Å². The number of aromatic nitrogens is 2. The summed E-state index contributed by atoms with van der Waals surface area (Å²) in [4.78, 5) is 0.900. The van der Waals surface area contributed by atoms with E-state index in [2.05, 4.69) is 12.0 Å². The third-order valence-corrected chi connectivity index (χ3v) is 3.90. The van der Waals surface area contributed by atoms with E-state index >= 15 is 0 Å². The number of hydrogen-bond donors (Lipinski definition) is 1. The van der Waals surface area contributed by atoms with E-state index in [-0.39, 0.29) is 11.9 Å². The molecule has 0 aliphatic rings. The summed E-state index contributed by atoms with van der Waals surface area (Å²) in [5.74, 6) is 0.494. The molecule has 0 aliphatic carbocycles. The quantitative estimate of drug-likeness (QED) is 0.826. The molecule has 19 heavy (non-hydrogen) atoms. The lowest BCUT2D eigenvalue weighted by atomic mass is 10.2. The van der Waals surface area contributed by atoms with E-state index < -0.39 is 0 Å². The average Bonchev–Trinajstić information content (AvgIpc) is 2.85. The molecular weight excluding hydrogens is 261 g/mol. The Morgan fingerprint density at radius 3 is 3.00 bits per heavy atom. The molecule has 2 N–H and O–H groups in total. The molecule has 1 atom stereocenters. The third kappa shape index (κ3) is 3.81. The fourth-order valence-corrected chi connectivity index (χ4v) is 2.80. The van der Waals surface area contributed by atoms with E-state index in [1.807, 2.05) is 16.8 Å². The maximum absolute atomic E-state index is 13.1. The maximum atomic E-state index is 13.1. The molecule has 0 aliphatic heterocycles. The highest BCUT2D eigenvalue weighted by atomic mass is 32.2. The van der Waals surface area contributed by atoms with E-state index in [9.17, 15) is 4.39 Å². The summed E-state index contributed by atoms with van der Waals surface area (Å²) in [6.07, 6.45) is 2.80. The summed E-state index contributed by atoms with van der Waals surface area (Å²) >= 11 is 1.56. The first-order chi connectivity index (χ1) is 9.20. The summed E-state index contributed by atoms with van der Waals surface area (Å²) in [7, 11) is 0. The Hall–Kier alpha value is -1.33. The van der Waals surface area contributed by atoms with Gasteiger partial charge in [0.1, 0.15) is 5.82 Å². The number of hydrogen-bond acceptors (Lipinski definition) is 3. The average molecular weight is 279 g/mol. The number of rotatable bonds is 6. The summed E-state index contributed by atoms with van der Waals surface area (Å²) in [6.45, 7) is 2.99. The number of halogens is 1. The Balaban J connectivity index is 1.97. The number of benzene rings is 1. The molecule has 0 fully saturated rings. The lowest BCUT2D eigenvalue weighted by Crippen LogP contribution is -2.18. The van der Waals surface area contributed by atoms with Gasteiger partial charge >= 0.3 is 0 Å². The van der Waals surface area contributed by atoms with Crippen molar-refractivity contribution in [2.45, 2.75) is 30.8 Å². The highest BCUT2D eigenvalue weighted by Crippen LogP contribution is 2.23. The SMILES string of the molecule is CCCn1nccc1C(N)CSc1cccc(F)c1. The van der Waals surface area contributed by atoms with Gasteiger partial charge in [-0.2, -0.15) is 5.10 Å². The zero-order valence-electron chi connectivity index (χ0n) is 10.9. The van der Waals surface area contributed by atoms with Crippen molar-refractivity contribution in [2.75, 3.05) is 5.75 Å². The fraction of sp³-hybridized carbons (Fsp3) is 0.357. The van der Waals surface area contributed by atoms with E-state index in [0.717, 1.165) is 23.6 Å². The van der Waals surface area contributed by atoms with Crippen LogP contribution in [0.4, 0.5) is 4.39 Å². The van der Waals surface area contributed by atoms with Crippen molar-refractivity contribution in [1.29, 1.82) is 0 Å². The summed E-state index contributed by atoms with van der Waals surface area (Å²) < 4.78 is 15.0. The Kier molecular flexibility index (Phi) is 4.99. The molecule has 102 valence electrons. The van der Waals surface area contributed by atoms with Gasteiger partial charge in [0, 0.05) is 23.4 Å². The maximum Gasteiger partial charge on any atom is 0.124 e. The second-order valence-corrected chi connectivity index (χ2v) is 5.45. The minimum absolute atomic E-state index is 0.0951. The van der Waals surface area contributed by atoms with Crippen LogP contribution in [0.15, 0.2) is 41.4 Å². The van der Waals surface area contributed by atoms with E-state index in [4.69, 9.17) is 5.73 Å². The normalized spacial score (nSPS) is 12.6. The second-order valence-electron chi connectivity index (χ2n) is 4.35. The van der Waals surface area contributed by atoms with Gasteiger partial charge in [0.05, 0.1) is 11.7 Å². The minimum atomic E-state index is -0.213. The molecule has 1 heterocycles. The lowest BCUT2D eigenvalue weighted by molar-refractivity contribution is 0.554. The monoisotopic (exact) mass is 279 g/mol. The van der Waals surface area contributed by atoms with Crippen molar-refractivity contribution in [1.82, 2.24) is 9.78 Å². The van der Waals surface area contributed by atoms with Crippen molar-refractivity contribution in [2.24, 2.45) is 5.73 Å². The van der Waals surface area contributed by atoms with Gasteiger partial charge in [-0.1, -0.05) is 13.0 Å². The molecule has 0 amide bonds. The molecule has 2 aromatic rings. The summed E-state index contributed by atoms with van der Waals surface area (Å²) in [6, 6.07) is 8.43. The number of nitrogens with two attached hydrogens (primary N) is 1. The standard InChI is InChI=1S/C14H18FN3S/c1-2-8-18-14(6-7-17-18)13(16)10-19-12-5-3-4-11(15)9-12/h3-7,9,13H,2,8,10,16H2,1H3. The van der Waals surface area contributed by atoms with Gasteiger partial charge in [0.15, 0.2) is 0 Å². The van der Waals surface area contributed by atoms with Crippen molar-refractivity contribution in [3.8, 4) is 0 Å². The van der Waals surface area contributed by atoms with Gasteiger partial charge in [-0.15, -0.1) is 11.8 Å². The first-order valence-corrected chi connectivity index (χ1v) is 7.35. The van der Waals surface area contributed by atoms with Gasteiger partial charge in [-0.05, 0) is 30.7 Å². The predicted molar refractivity (Wildman–Crippen MR) is 76.6 cm³/mol. The van der Waals surface area contributed by atoms with Crippen LogP contribution in [0.1, 0.15) is 25.1 Å². The van der Waals surface area contributed by atoms with Crippen molar-refractivity contribution < 1.29 is 4.39 Å². The van der Waals surface area contributed by atoms with E-state index in [1.165, 1.54) is 12.1 Å². The van der Waals surface area contributed by atoms with Gasteiger partial charge in [0.25, 0.3) is 0 Å². The first kappa shape index (κ1) is 14.1. The van der Waals surface area contributed by atoms with Crippen LogP contribution in [-0.2, 0) is 6.54 Å². The fourth-order valence-electron chi connectivity index (χ4n) is 1.88. The van der Waals surface area contributed by atoms with Crippen LogP contribution in [0.2, 0.25) is 0 Å². The van der Waals surface area contributed by atoms with Crippen molar-refractivity contribution in [3.63, 3.8) is 0 Å². The minimum Gasteiger partial charge on any atom is -0.322 e. The Morgan fingerprint density at radius 1 is 1.42 bits per heavy atom. The van der Waals surface area contributed by atoms with Crippen molar-refractivity contribution in [3.05, 3.63) is 48.0 Å². The summed E-state index contributed by atoms with van der Waals surface area (Å²) in [5.41, 5.74) is 7.21. The topological polar surface area (TPSA) is 43.8 Å². The van der Waals surface area contributed by atoms with Gasteiger partial charge in [-0.3, -0.25) is 4.68 Å². The smallest absolute Gasteiger partial charge is 0.124 e. The second kappa shape index (κ2) is 6.73. The number of aryl methyl sites for hydroxylation is 1. The third-order valence-electron chi connectivity index (χ3n) is 2.79. The molecule has 1 aromatic heterocycles. The Bertz CT molecular complexity index is 527. The zero-order valence-corrected chi connectivity index (χ0v) is 11.7. The molecule has 2 rings (SSSR count). The van der Waals surface area contributed by atoms with Crippen molar-refractivity contribution >= 4 is 11.8 Å². The van der Waals surface area contributed by atoms with Gasteiger partial charge in [0.2, 0.25) is 0 Å². The van der Waals surface area contributed by atoms with E-state index in [0.29, 0.717) is 5.75 Å². The molecule has 5 heteroatoms. The van der Waals surface area contributed by atoms with Crippen LogP contribution in [0.25, 0.3) is 0 Å². The van der Waals surface area contributed by atoms with Crippen LogP contribution < -0.4 is 5.73 Å².